The Morgan fingerprint density at radius 2 is 1.62 bits per heavy atom. The molecule has 9 nitrogen and oxygen atoms in total. The fraction of sp³-hybridized carbons (Fsp3) is 0.769. The van der Waals surface area contributed by atoms with Crippen LogP contribution in [0.4, 0.5) is 4.79 Å². The molecule has 0 aliphatic carbocycles. The van der Waals surface area contributed by atoms with E-state index in [4.69, 9.17) is 25.4 Å². The second-order valence-corrected chi connectivity index (χ2v) is 6.67. The zero-order valence-corrected chi connectivity index (χ0v) is 15.5. The Kier molecular flexibility index (Phi) is 11.7. The fourth-order valence-corrected chi connectivity index (χ4v) is 2.94. The number of carbonyl (C=O) groups is 3. The molecule has 0 aliphatic rings. The lowest BCUT2D eigenvalue weighted by Crippen LogP contribution is -2.34. The highest BCUT2D eigenvalue weighted by Crippen LogP contribution is 2.47. The number of esters is 2. The highest BCUT2D eigenvalue weighted by Gasteiger charge is 2.34. The number of hydrogen-bond donors (Lipinski definition) is 0. The van der Waals surface area contributed by atoms with Gasteiger partial charge in [0, 0.05) is 11.6 Å². The third kappa shape index (κ3) is 9.87. The second kappa shape index (κ2) is 12.2. The van der Waals surface area contributed by atoms with Crippen LogP contribution in [0.2, 0.25) is 0 Å². The van der Waals surface area contributed by atoms with E-state index in [2.05, 4.69) is 9.47 Å². The van der Waals surface area contributed by atoms with Crippen molar-refractivity contribution >= 4 is 36.6 Å². The Hall–Kier alpha value is -1.15. The van der Waals surface area contributed by atoms with Crippen molar-refractivity contribution in [3.63, 3.8) is 0 Å². The Morgan fingerprint density at radius 3 is 2.08 bits per heavy atom. The van der Waals surface area contributed by atoms with Gasteiger partial charge in [0.15, 0.2) is 0 Å². The van der Waals surface area contributed by atoms with Crippen molar-refractivity contribution in [2.45, 2.75) is 39.9 Å². The van der Waals surface area contributed by atoms with Gasteiger partial charge in [0.05, 0.1) is 19.8 Å². The van der Waals surface area contributed by atoms with Crippen LogP contribution in [0.25, 0.3) is 0 Å². The first-order valence-electron chi connectivity index (χ1n) is 7.38. The van der Waals surface area contributed by atoms with Crippen LogP contribution in [0.1, 0.15) is 33.6 Å². The maximum Gasteiger partial charge on any atom is 0.407 e. The molecule has 1 unspecified atom stereocenters. The van der Waals surface area contributed by atoms with Gasteiger partial charge < -0.3 is 23.3 Å². The Labute approximate surface area is 145 Å². The maximum absolute atomic E-state index is 12.2. The van der Waals surface area contributed by atoms with Gasteiger partial charge in [-0.1, -0.05) is 13.3 Å². The van der Waals surface area contributed by atoms with Crippen molar-refractivity contribution in [2.75, 3.05) is 26.0 Å². The smallest absolute Gasteiger partial charge is 0.407 e. The number of hydrogen-bond acceptors (Lipinski definition) is 9. The largest absolute Gasteiger partial charge is 0.460 e. The Balaban J connectivity index is 4.81. The summed E-state index contributed by atoms with van der Waals surface area (Å²) < 4.78 is 35.9. The predicted molar refractivity (Wildman–Crippen MR) is 83.8 cm³/mol. The van der Waals surface area contributed by atoms with Gasteiger partial charge in [0.2, 0.25) is 0 Å². The van der Waals surface area contributed by atoms with Gasteiger partial charge in [-0.15, -0.1) is 0 Å². The summed E-state index contributed by atoms with van der Waals surface area (Å²) in [5, 5.41) is 0. The Morgan fingerprint density at radius 1 is 1.04 bits per heavy atom. The first-order valence-corrected chi connectivity index (χ1v) is 9.48. The first kappa shape index (κ1) is 22.9. The predicted octanol–water partition coefficient (Wildman–Crippen LogP) is 2.84. The summed E-state index contributed by atoms with van der Waals surface area (Å²) in [4.78, 5) is 34.4. The van der Waals surface area contributed by atoms with Gasteiger partial charge in [-0.25, -0.2) is 9.59 Å². The van der Waals surface area contributed by atoms with E-state index in [1.54, 1.807) is 13.8 Å². The van der Waals surface area contributed by atoms with E-state index in [1.807, 2.05) is 6.92 Å². The average molecular weight is 389 g/mol. The van der Waals surface area contributed by atoms with Crippen LogP contribution in [0.3, 0.4) is 0 Å². The fourth-order valence-electron chi connectivity index (χ4n) is 1.43. The van der Waals surface area contributed by atoms with E-state index >= 15 is 0 Å². The van der Waals surface area contributed by atoms with E-state index in [-0.39, 0.29) is 19.8 Å². The van der Waals surface area contributed by atoms with Gasteiger partial charge in [0.1, 0.15) is 6.16 Å². The molecule has 0 bridgehead atoms. The molecule has 0 aromatic heterocycles. The molecule has 0 rings (SSSR count). The summed E-state index contributed by atoms with van der Waals surface area (Å²) in [6.07, 6.45) is -1.41. The molecule has 0 aromatic carbocycles. The van der Waals surface area contributed by atoms with Crippen LogP contribution in [0, 0.1) is 0 Å². The number of ether oxygens (including phenoxy) is 3. The molecule has 0 amide bonds. The van der Waals surface area contributed by atoms with Crippen LogP contribution >= 0.6 is 19.2 Å². The van der Waals surface area contributed by atoms with E-state index < -0.39 is 37.4 Å². The average Bonchev–Trinajstić information content (AvgIpc) is 2.46. The van der Waals surface area contributed by atoms with E-state index in [0.29, 0.717) is 6.42 Å². The minimum atomic E-state index is -3.72. The molecule has 24 heavy (non-hydrogen) atoms. The summed E-state index contributed by atoms with van der Waals surface area (Å²) in [6, 6.07) is 0. The zero-order chi connectivity index (χ0) is 18.6. The lowest BCUT2D eigenvalue weighted by atomic mass is 10.4. The highest BCUT2D eigenvalue weighted by molar-refractivity contribution is 7.54. The van der Waals surface area contributed by atoms with Crippen LogP contribution < -0.4 is 0 Å². The van der Waals surface area contributed by atoms with Gasteiger partial charge in [-0.3, -0.25) is 9.36 Å². The Bertz CT molecular complexity index is 458. The van der Waals surface area contributed by atoms with E-state index in [1.165, 1.54) is 0 Å². The molecular formula is C13H22ClO9P. The molecule has 0 radical (unpaired) electrons. The monoisotopic (exact) mass is 388 g/mol. The summed E-state index contributed by atoms with van der Waals surface area (Å²) in [7, 11) is -3.72. The minimum absolute atomic E-state index is 0.0453. The molecule has 0 aromatic rings. The molecular weight excluding hydrogens is 367 g/mol. The number of carbonyl (C=O) groups excluding carboxylic acids is 3. The van der Waals surface area contributed by atoms with Crippen LogP contribution in [0.15, 0.2) is 0 Å². The standard InChI is InChI=1S/C13H22ClO9P/c1-4-7-8-19-11(16)12(23-13(14)17)22-10(15)9-24(18,20-5-2)21-6-3/h12H,4-9H2,1-3H3. The van der Waals surface area contributed by atoms with Crippen molar-refractivity contribution in [3.05, 3.63) is 0 Å². The third-order valence-corrected chi connectivity index (χ3v) is 4.38. The molecule has 1 atom stereocenters. The molecule has 11 heteroatoms. The normalized spacial score (nSPS) is 12.3. The van der Waals surface area contributed by atoms with Gasteiger partial charge >= 0.3 is 31.3 Å². The number of halogens is 1. The van der Waals surface area contributed by atoms with Crippen molar-refractivity contribution < 1.29 is 42.2 Å². The third-order valence-electron chi connectivity index (χ3n) is 2.35. The summed E-state index contributed by atoms with van der Waals surface area (Å²) >= 11 is 5.03. The molecule has 0 aliphatic heterocycles. The summed E-state index contributed by atoms with van der Waals surface area (Å²) in [6.45, 7) is 5.16. The second-order valence-electron chi connectivity index (χ2n) is 4.30. The van der Waals surface area contributed by atoms with Crippen LogP contribution in [-0.4, -0.2) is 49.6 Å². The topological polar surface area (TPSA) is 114 Å². The van der Waals surface area contributed by atoms with E-state index in [9.17, 15) is 18.9 Å². The highest BCUT2D eigenvalue weighted by atomic mass is 35.5. The van der Waals surface area contributed by atoms with Crippen molar-refractivity contribution in [1.29, 1.82) is 0 Å². The van der Waals surface area contributed by atoms with Crippen molar-refractivity contribution in [2.24, 2.45) is 0 Å². The zero-order valence-electron chi connectivity index (χ0n) is 13.8. The lowest BCUT2D eigenvalue weighted by Gasteiger charge is -2.19. The van der Waals surface area contributed by atoms with E-state index in [0.717, 1.165) is 6.42 Å². The van der Waals surface area contributed by atoms with Gasteiger partial charge in [0.25, 0.3) is 0 Å². The quantitative estimate of drug-likeness (QED) is 0.163. The minimum Gasteiger partial charge on any atom is -0.460 e. The molecule has 0 N–H and O–H groups in total. The van der Waals surface area contributed by atoms with Gasteiger partial charge in [-0.2, -0.15) is 0 Å². The van der Waals surface area contributed by atoms with Crippen molar-refractivity contribution in [1.82, 2.24) is 0 Å². The molecule has 0 heterocycles. The SMILES string of the molecule is CCCCOC(=O)C(OC(=O)Cl)OC(=O)CP(=O)(OCC)OCC. The maximum atomic E-state index is 12.2. The molecule has 0 saturated carbocycles. The van der Waals surface area contributed by atoms with Crippen molar-refractivity contribution in [3.8, 4) is 0 Å². The molecule has 0 fully saturated rings. The summed E-state index contributed by atoms with van der Waals surface area (Å²) in [5.41, 5.74) is -1.36. The molecule has 0 saturated heterocycles. The number of rotatable bonds is 12. The van der Waals surface area contributed by atoms with Gasteiger partial charge in [-0.05, 0) is 20.3 Å². The molecule has 140 valence electrons. The molecule has 0 spiro atoms. The first-order chi connectivity index (χ1) is 11.3. The van der Waals surface area contributed by atoms with Crippen LogP contribution in [-0.2, 0) is 37.4 Å². The summed E-state index contributed by atoms with van der Waals surface area (Å²) in [5.74, 6) is -2.23. The number of unbranched alkanes of at least 4 members (excludes halogenated alkanes) is 1. The van der Waals surface area contributed by atoms with Crippen LogP contribution in [0.5, 0.6) is 0 Å². The lowest BCUT2D eigenvalue weighted by molar-refractivity contribution is -0.188.